The van der Waals surface area contributed by atoms with Gasteiger partial charge in [-0.2, -0.15) is 0 Å². The molecule has 1 amide bonds. The highest BCUT2D eigenvalue weighted by Gasteiger charge is 2.29. The molecule has 3 rings (SSSR count). The van der Waals surface area contributed by atoms with E-state index in [0.29, 0.717) is 12.5 Å². The Kier molecular flexibility index (Phi) is 7.44. The van der Waals surface area contributed by atoms with E-state index in [1.54, 1.807) is 13.3 Å². The fraction of sp³-hybridized carbons (Fsp3) is 0.714. The molecular weight excluding hydrogens is 326 g/mol. The number of pyridine rings is 1. The van der Waals surface area contributed by atoms with Crippen LogP contribution in [0.3, 0.4) is 0 Å². The number of hydrogen-bond acceptors (Lipinski definition) is 4. The summed E-state index contributed by atoms with van der Waals surface area (Å²) in [5, 5.41) is 0. The van der Waals surface area contributed by atoms with Crippen molar-refractivity contribution in [1.82, 2.24) is 14.8 Å². The molecule has 1 saturated carbocycles. The van der Waals surface area contributed by atoms with Gasteiger partial charge in [0.05, 0.1) is 0 Å². The molecule has 0 aromatic carbocycles. The van der Waals surface area contributed by atoms with E-state index >= 15 is 0 Å². The molecule has 144 valence electrons. The molecule has 1 aliphatic carbocycles. The minimum Gasteiger partial charge on any atom is -0.375 e. The zero-order valence-corrected chi connectivity index (χ0v) is 16.1. The lowest BCUT2D eigenvalue weighted by Crippen LogP contribution is -2.47. The molecule has 2 aliphatic rings. The van der Waals surface area contributed by atoms with Gasteiger partial charge in [-0.3, -0.25) is 9.78 Å². The Balaban J connectivity index is 1.60. The molecule has 0 unspecified atom stereocenters. The van der Waals surface area contributed by atoms with E-state index in [9.17, 15) is 4.79 Å². The molecule has 1 aromatic heterocycles. The van der Waals surface area contributed by atoms with E-state index in [1.807, 2.05) is 23.2 Å². The van der Waals surface area contributed by atoms with Gasteiger partial charge in [0.25, 0.3) is 0 Å². The average molecular weight is 360 g/mol. The van der Waals surface area contributed by atoms with Crippen molar-refractivity contribution in [2.24, 2.45) is 5.92 Å². The monoisotopic (exact) mass is 359 g/mol. The van der Waals surface area contributed by atoms with Gasteiger partial charge in [0.1, 0.15) is 6.61 Å². The number of hydrogen-bond donors (Lipinski definition) is 0. The first kappa shape index (κ1) is 19.3. The molecule has 0 N–H and O–H groups in total. The van der Waals surface area contributed by atoms with E-state index in [4.69, 9.17) is 4.74 Å². The zero-order chi connectivity index (χ0) is 18.2. The molecule has 1 aromatic rings. The number of piperidine rings is 1. The summed E-state index contributed by atoms with van der Waals surface area (Å²) in [7, 11) is 1.59. The van der Waals surface area contributed by atoms with Crippen LogP contribution in [-0.2, 0) is 16.1 Å². The molecular formula is C21H33N3O2. The van der Waals surface area contributed by atoms with Crippen LogP contribution in [0.5, 0.6) is 0 Å². The molecule has 26 heavy (non-hydrogen) atoms. The van der Waals surface area contributed by atoms with Gasteiger partial charge in [-0.1, -0.05) is 25.3 Å². The third-order valence-corrected chi connectivity index (χ3v) is 5.84. The number of ether oxygens (including phenoxy) is 1. The molecule has 5 heteroatoms. The Labute approximate surface area is 157 Å². The Morgan fingerprint density at radius 2 is 2.12 bits per heavy atom. The van der Waals surface area contributed by atoms with Crippen LogP contribution in [0.25, 0.3) is 0 Å². The van der Waals surface area contributed by atoms with Crippen molar-refractivity contribution < 1.29 is 9.53 Å². The maximum atomic E-state index is 12.6. The van der Waals surface area contributed by atoms with Gasteiger partial charge in [-0.15, -0.1) is 0 Å². The second kappa shape index (κ2) is 10.0. The number of carbonyl (C=O) groups excluding carboxylic acids is 1. The summed E-state index contributed by atoms with van der Waals surface area (Å²) in [5.74, 6) is 0.634. The summed E-state index contributed by atoms with van der Waals surface area (Å²) < 4.78 is 5.11. The highest BCUT2D eigenvalue weighted by molar-refractivity contribution is 5.77. The van der Waals surface area contributed by atoms with Crippen molar-refractivity contribution >= 4 is 5.91 Å². The van der Waals surface area contributed by atoms with E-state index < -0.39 is 0 Å². The van der Waals surface area contributed by atoms with Crippen LogP contribution >= 0.6 is 0 Å². The molecule has 2 fully saturated rings. The summed E-state index contributed by atoms with van der Waals surface area (Å²) in [6, 6.07) is 4.74. The number of rotatable bonds is 7. The lowest BCUT2D eigenvalue weighted by atomic mass is 9.90. The summed E-state index contributed by atoms with van der Waals surface area (Å²) in [6.07, 6.45) is 13.0. The molecule has 2 heterocycles. The van der Waals surface area contributed by atoms with Gasteiger partial charge < -0.3 is 14.5 Å². The fourth-order valence-corrected chi connectivity index (χ4v) is 4.52. The SMILES string of the molecule is COCC(=O)N(Cc1cccnc1)C[C@H]1CCCN(C2CCCCC2)C1. The lowest BCUT2D eigenvalue weighted by Gasteiger charge is -2.41. The summed E-state index contributed by atoms with van der Waals surface area (Å²) in [5.41, 5.74) is 1.08. The largest absolute Gasteiger partial charge is 0.375 e. The summed E-state index contributed by atoms with van der Waals surface area (Å²) >= 11 is 0. The van der Waals surface area contributed by atoms with Crippen molar-refractivity contribution in [2.75, 3.05) is 33.4 Å². The van der Waals surface area contributed by atoms with Gasteiger partial charge in [-0.05, 0) is 49.8 Å². The molecule has 0 spiro atoms. The second-order valence-corrected chi connectivity index (χ2v) is 7.86. The van der Waals surface area contributed by atoms with Crippen LogP contribution in [0.4, 0.5) is 0 Å². The quantitative estimate of drug-likeness (QED) is 0.750. The van der Waals surface area contributed by atoms with E-state index in [0.717, 1.165) is 24.7 Å². The molecule has 1 atom stereocenters. The fourth-order valence-electron chi connectivity index (χ4n) is 4.52. The van der Waals surface area contributed by atoms with E-state index in [-0.39, 0.29) is 12.5 Å². The predicted molar refractivity (Wildman–Crippen MR) is 103 cm³/mol. The van der Waals surface area contributed by atoms with Crippen LogP contribution in [0.15, 0.2) is 24.5 Å². The molecule has 0 bridgehead atoms. The third-order valence-electron chi connectivity index (χ3n) is 5.84. The number of methoxy groups -OCH3 is 1. The number of carbonyl (C=O) groups is 1. The zero-order valence-electron chi connectivity index (χ0n) is 16.1. The van der Waals surface area contributed by atoms with Gasteiger partial charge in [0.15, 0.2) is 0 Å². The number of aromatic nitrogens is 1. The highest BCUT2D eigenvalue weighted by Crippen LogP contribution is 2.27. The maximum Gasteiger partial charge on any atom is 0.248 e. The van der Waals surface area contributed by atoms with Crippen molar-refractivity contribution in [3.8, 4) is 0 Å². The van der Waals surface area contributed by atoms with E-state index in [1.165, 1.54) is 51.5 Å². The first-order valence-corrected chi connectivity index (χ1v) is 10.2. The lowest BCUT2D eigenvalue weighted by molar-refractivity contribution is -0.136. The smallest absolute Gasteiger partial charge is 0.248 e. The Morgan fingerprint density at radius 1 is 1.27 bits per heavy atom. The Bertz CT molecular complexity index is 545. The van der Waals surface area contributed by atoms with Gasteiger partial charge in [0, 0.05) is 45.2 Å². The number of amides is 1. The summed E-state index contributed by atoms with van der Waals surface area (Å²) in [4.78, 5) is 21.4. The standard InChI is InChI=1S/C21H33N3O2/c1-26-17-21(25)24(14-18-7-5-11-22-13-18)16-19-8-6-12-23(15-19)20-9-3-2-4-10-20/h5,7,11,13,19-20H,2-4,6,8-10,12,14-17H2,1H3/t19-/m0/s1. The number of likely N-dealkylation sites (tertiary alicyclic amines) is 1. The maximum absolute atomic E-state index is 12.6. The molecule has 0 radical (unpaired) electrons. The van der Waals surface area contributed by atoms with Crippen LogP contribution in [0.1, 0.15) is 50.5 Å². The average Bonchev–Trinajstić information content (AvgIpc) is 2.69. The predicted octanol–water partition coefficient (Wildman–Crippen LogP) is 3.10. The normalized spacial score (nSPS) is 22.3. The van der Waals surface area contributed by atoms with Crippen LogP contribution in [0, 0.1) is 5.92 Å². The van der Waals surface area contributed by atoms with Crippen molar-refractivity contribution in [2.45, 2.75) is 57.5 Å². The topological polar surface area (TPSA) is 45.7 Å². The van der Waals surface area contributed by atoms with Gasteiger partial charge >= 0.3 is 0 Å². The van der Waals surface area contributed by atoms with Crippen molar-refractivity contribution in [3.63, 3.8) is 0 Å². The first-order valence-electron chi connectivity index (χ1n) is 10.2. The Hall–Kier alpha value is -1.46. The van der Waals surface area contributed by atoms with E-state index in [2.05, 4.69) is 9.88 Å². The first-order chi connectivity index (χ1) is 12.8. The Morgan fingerprint density at radius 3 is 2.85 bits per heavy atom. The van der Waals surface area contributed by atoms with Crippen LogP contribution < -0.4 is 0 Å². The molecule has 1 saturated heterocycles. The molecule has 5 nitrogen and oxygen atoms in total. The van der Waals surface area contributed by atoms with Crippen molar-refractivity contribution in [1.29, 1.82) is 0 Å². The van der Waals surface area contributed by atoms with Crippen LogP contribution in [0.2, 0.25) is 0 Å². The third kappa shape index (κ3) is 5.52. The summed E-state index contributed by atoms with van der Waals surface area (Å²) in [6.45, 7) is 3.96. The second-order valence-electron chi connectivity index (χ2n) is 7.86. The van der Waals surface area contributed by atoms with Gasteiger partial charge in [-0.25, -0.2) is 0 Å². The number of nitrogens with zero attached hydrogens (tertiary/aromatic N) is 3. The van der Waals surface area contributed by atoms with Crippen LogP contribution in [-0.4, -0.2) is 60.1 Å². The minimum absolute atomic E-state index is 0.0751. The van der Waals surface area contributed by atoms with Crippen molar-refractivity contribution in [3.05, 3.63) is 30.1 Å². The molecule has 1 aliphatic heterocycles. The highest BCUT2D eigenvalue weighted by atomic mass is 16.5. The minimum atomic E-state index is 0.0751. The van der Waals surface area contributed by atoms with Gasteiger partial charge in [0.2, 0.25) is 5.91 Å².